The van der Waals surface area contributed by atoms with E-state index >= 15 is 0 Å². The number of fused-ring (bicyclic) bond motifs is 6. The Kier molecular flexibility index (Phi) is 8.50. The highest BCUT2D eigenvalue weighted by Gasteiger charge is 2.41. The predicted octanol–water partition coefficient (Wildman–Crippen LogP) is 5.11. The van der Waals surface area contributed by atoms with Crippen LogP contribution in [-0.2, 0) is 32.5 Å². The first kappa shape index (κ1) is 28.8. The molecule has 222 valence electrons. The van der Waals surface area contributed by atoms with Gasteiger partial charge in [-0.1, -0.05) is 17.7 Å². The Balaban J connectivity index is 1.37. The number of carbonyl (C=O) groups excluding carboxylic acids is 1. The van der Waals surface area contributed by atoms with Gasteiger partial charge in [0.2, 0.25) is 10.0 Å². The molecule has 1 saturated carbocycles. The second-order valence-electron chi connectivity index (χ2n) is 12.0. The molecule has 1 aliphatic carbocycles. The fraction of sp³-hybridized carbons (Fsp3) is 0.581. The van der Waals surface area contributed by atoms with Gasteiger partial charge in [-0.15, -0.1) is 0 Å². The van der Waals surface area contributed by atoms with E-state index in [9.17, 15) is 13.2 Å². The van der Waals surface area contributed by atoms with Crippen LogP contribution in [0.2, 0.25) is 5.02 Å². The normalized spacial score (nSPS) is 30.3. The molecular formula is C31H39ClN2O6S. The monoisotopic (exact) mass is 602 g/mol. The second-order valence-corrected chi connectivity index (χ2v) is 14.5. The molecule has 0 spiro atoms. The average molecular weight is 603 g/mol. The first-order chi connectivity index (χ1) is 19.8. The van der Waals surface area contributed by atoms with Gasteiger partial charge < -0.3 is 19.1 Å². The third-order valence-corrected chi connectivity index (χ3v) is 11.1. The summed E-state index contributed by atoms with van der Waals surface area (Å²) in [4.78, 5) is 15.6. The van der Waals surface area contributed by atoms with E-state index < -0.39 is 21.2 Å². The molecule has 2 aromatic rings. The summed E-state index contributed by atoms with van der Waals surface area (Å²) in [5, 5.41) is -0.149. The largest absolute Gasteiger partial charge is 0.487 e. The van der Waals surface area contributed by atoms with Crippen molar-refractivity contribution in [1.82, 2.24) is 4.72 Å². The highest BCUT2D eigenvalue weighted by molar-refractivity contribution is 7.90. The molecule has 2 fully saturated rings. The van der Waals surface area contributed by atoms with Gasteiger partial charge in [-0.25, -0.2) is 13.1 Å². The fourth-order valence-electron chi connectivity index (χ4n) is 6.57. The molecule has 0 radical (unpaired) electrons. The number of sulfonamides is 1. The van der Waals surface area contributed by atoms with Gasteiger partial charge in [-0.05, 0) is 98.7 Å². The second kappa shape index (κ2) is 12.1. The number of amides is 1. The zero-order chi connectivity index (χ0) is 28.6. The van der Waals surface area contributed by atoms with Crippen molar-refractivity contribution in [3.8, 4) is 5.75 Å². The van der Waals surface area contributed by atoms with E-state index in [0.717, 1.165) is 74.3 Å². The summed E-state index contributed by atoms with van der Waals surface area (Å²) in [6.07, 6.45) is 6.69. The SMILES string of the molecule is C[C@@H]1CO[C@@H]2CCO[C@@H](C2)[C@@H]2CC[C@H]2CN2CCCCc3cc(Cl)ccc3COc3ccc(cc32)C(=O)NS1(=O)=O. The molecule has 3 heterocycles. The zero-order valence-electron chi connectivity index (χ0n) is 23.5. The molecule has 5 atom stereocenters. The van der Waals surface area contributed by atoms with Gasteiger partial charge in [-0.3, -0.25) is 4.79 Å². The summed E-state index contributed by atoms with van der Waals surface area (Å²) in [5.74, 6) is 0.918. The number of anilines is 1. The average Bonchev–Trinajstić information content (AvgIpc) is 2.96. The van der Waals surface area contributed by atoms with Crippen LogP contribution in [-0.4, -0.2) is 58.1 Å². The maximum Gasteiger partial charge on any atom is 0.264 e. The molecule has 0 aromatic heterocycles. The summed E-state index contributed by atoms with van der Waals surface area (Å²) in [6, 6.07) is 11.1. The van der Waals surface area contributed by atoms with Crippen LogP contribution in [0.15, 0.2) is 36.4 Å². The summed E-state index contributed by atoms with van der Waals surface area (Å²) in [5.41, 5.74) is 3.40. The number of rotatable bonds is 0. The highest BCUT2D eigenvalue weighted by atomic mass is 35.5. The van der Waals surface area contributed by atoms with Crippen LogP contribution in [0.1, 0.15) is 66.9 Å². The van der Waals surface area contributed by atoms with E-state index in [1.165, 1.54) is 5.56 Å². The van der Waals surface area contributed by atoms with Gasteiger partial charge >= 0.3 is 0 Å². The number of benzene rings is 2. The Morgan fingerprint density at radius 1 is 1.02 bits per heavy atom. The third kappa shape index (κ3) is 6.38. The number of nitrogens with one attached hydrogen (secondary N) is 1. The molecule has 1 N–H and O–H groups in total. The van der Waals surface area contributed by atoms with Crippen molar-refractivity contribution in [3.63, 3.8) is 0 Å². The summed E-state index contributed by atoms with van der Waals surface area (Å²) < 4.78 is 47.1. The van der Waals surface area contributed by atoms with E-state index in [0.29, 0.717) is 30.8 Å². The Bertz CT molecular complexity index is 1380. The summed E-state index contributed by atoms with van der Waals surface area (Å²) in [7, 11) is -3.93. The van der Waals surface area contributed by atoms with Crippen molar-refractivity contribution < 1.29 is 27.4 Å². The van der Waals surface area contributed by atoms with Crippen LogP contribution >= 0.6 is 11.6 Å². The van der Waals surface area contributed by atoms with Gasteiger partial charge in [0.1, 0.15) is 17.6 Å². The van der Waals surface area contributed by atoms with Crippen molar-refractivity contribution in [2.45, 2.75) is 75.9 Å². The predicted molar refractivity (Wildman–Crippen MR) is 158 cm³/mol. The Morgan fingerprint density at radius 3 is 2.73 bits per heavy atom. The Labute approximate surface area is 247 Å². The molecule has 8 nitrogen and oxygen atoms in total. The number of halogens is 1. The number of hydrogen-bond donors (Lipinski definition) is 1. The van der Waals surface area contributed by atoms with Crippen molar-refractivity contribution in [3.05, 3.63) is 58.1 Å². The number of nitrogens with zero attached hydrogens (tertiary/aromatic N) is 1. The van der Waals surface area contributed by atoms with Crippen LogP contribution in [0.25, 0.3) is 0 Å². The minimum absolute atomic E-state index is 0.0343. The molecule has 1 amide bonds. The first-order valence-corrected chi connectivity index (χ1v) is 16.8. The van der Waals surface area contributed by atoms with Crippen molar-refractivity contribution >= 4 is 33.2 Å². The molecular weight excluding hydrogens is 564 g/mol. The smallest absolute Gasteiger partial charge is 0.264 e. The zero-order valence-corrected chi connectivity index (χ0v) is 25.1. The lowest BCUT2D eigenvalue weighted by molar-refractivity contribution is -0.116. The molecule has 4 aliphatic rings. The van der Waals surface area contributed by atoms with Crippen LogP contribution in [0.3, 0.4) is 0 Å². The summed E-state index contributed by atoms with van der Waals surface area (Å²) >= 11 is 6.32. The third-order valence-electron chi connectivity index (χ3n) is 9.24. The lowest BCUT2D eigenvalue weighted by Gasteiger charge is -2.46. The van der Waals surface area contributed by atoms with Crippen LogP contribution in [0.5, 0.6) is 5.75 Å². The van der Waals surface area contributed by atoms with Gasteiger partial charge in [-0.2, -0.15) is 0 Å². The number of aryl methyl sites for hydroxylation is 1. The van der Waals surface area contributed by atoms with Crippen LogP contribution in [0, 0.1) is 11.8 Å². The molecule has 41 heavy (non-hydrogen) atoms. The maximum absolute atomic E-state index is 13.3. The van der Waals surface area contributed by atoms with E-state index in [1.807, 2.05) is 18.2 Å². The number of carbonyl (C=O) groups is 1. The molecule has 3 aliphatic heterocycles. The standard InChI is InChI=1S/C31H39ClN2O6S/c1-20-18-39-26-11-13-38-30(16-26)27-9-6-23(27)17-34-12-3-2-4-21-14-25(32)8-5-24(21)19-40-29-10-7-22(15-28(29)34)31(35)33-41(20,36)37/h5,7-8,10,14-15,20,23,26-27,30H,2-4,6,9,11-13,16-19H2,1H3,(H,33,35)/t20-,23+,26-,27-,30+/m1/s1. The minimum Gasteiger partial charge on any atom is -0.487 e. The summed E-state index contributed by atoms with van der Waals surface area (Å²) in [6.45, 7) is 4.23. The van der Waals surface area contributed by atoms with Crippen molar-refractivity contribution in [2.24, 2.45) is 11.8 Å². The number of hydrogen-bond acceptors (Lipinski definition) is 7. The lowest BCUT2D eigenvalue weighted by atomic mass is 9.68. The molecule has 10 heteroatoms. The van der Waals surface area contributed by atoms with Crippen LogP contribution < -0.4 is 14.4 Å². The van der Waals surface area contributed by atoms with E-state index in [-0.39, 0.29) is 24.4 Å². The quantitative estimate of drug-likeness (QED) is 0.448. The van der Waals surface area contributed by atoms with Gasteiger partial charge in [0.25, 0.3) is 5.91 Å². The lowest BCUT2D eigenvalue weighted by Crippen LogP contribution is -2.48. The van der Waals surface area contributed by atoms with E-state index in [2.05, 4.69) is 9.62 Å². The first-order valence-electron chi connectivity index (χ1n) is 14.8. The van der Waals surface area contributed by atoms with Gasteiger partial charge in [0.05, 0.1) is 24.5 Å². The van der Waals surface area contributed by atoms with Crippen LogP contribution in [0.4, 0.5) is 5.69 Å². The Hall–Kier alpha value is -2.33. The maximum atomic E-state index is 13.3. The van der Waals surface area contributed by atoms with Gasteiger partial charge in [0.15, 0.2) is 0 Å². The van der Waals surface area contributed by atoms with Crippen molar-refractivity contribution in [2.75, 3.05) is 31.2 Å². The van der Waals surface area contributed by atoms with E-state index in [1.54, 1.807) is 25.1 Å². The fourth-order valence-corrected chi connectivity index (χ4v) is 7.60. The number of ether oxygens (including phenoxy) is 3. The molecule has 1 saturated heterocycles. The van der Waals surface area contributed by atoms with E-state index in [4.69, 9.17) is 25.8 Å². The Morgan fingerprint density at radius 2 is 1.90 bits per heavy atom. The molecule has 0 unspecified atom stereocenters. The minimum atomic E-state index is -3.93. The van der Waals surface area contributed by atoms with Crippen molar-refractivity contribution in [1.29, 1.82) is 0 Å². The molecule has 4 bridgehead atoms. The molecule has 2 aromatic carbocycles. The molecule has 6 rings (SSSR count). The topological polar surface area (TPSA) is 94.2 Å². The highest BCUT2D eigenvalue weighted by Crippen LogP contribution is 2.43. The van der Waals surface area contributed by atoms with Gasteiger partial charge in [0, 0.05) is 36.7 Å².